The lowest BCUT2D eigenvalue weighted by Crippen LogP contribution is -2.31. The molecule has 2 atom stereocenters. The van der Waals surface area contributed by atoms with Crippen LogP contribution in [0.3, 0.4) is 0 Å². The highest BCUT2D eigenvalue weighted by atomic mass is 79.9. The molecule has 0 aliphatic heterocycles. The summed E-state index contributed by atoms with van der Waals surface area (Å²) in [5.74, 6) is 1.15. The van der Waals surface area contributed by atoms with E-state index in [-0.39, 0.29) is 4.90 Å². The van der Waals surface area contributed by atoms with Crippen LogP contribution in [0.4, 0.5) is 0 Å². The minimum Gasteiger partial charge on any atom is -0.211 e. The van der Waals surface area contributed by atoms with Gasteiger partial charge in [-0.3, -0.25) is 0 Å². The molecule has 0 heterocycles. The van der Waals surface area contributed by atoms with Crippen LogP contribution in [0.25, 0.3) is 0 Å². The van der Waals surface area contributed by atoms with Crippen molar-refractivity contribution in [3.63, 3.8) is 0 Å². The molecule has 0 spiro atoms. The summed E-state index contributed by atoms with van der Waals surface area (Å²) in [6.07, 6.45) is 4.66. The molecule has 1 aromatic rings. The van der Waals surface area contributed by atoms with Crippen LogP contribution in [0.2, 0.25) is 5.02 Å². The van der Waals surface area contributed by atoms with Crippen molar-refractivity contribution in [1.82, 2.24) is 4.72 Å². The average molecular weight is 381 g/mol. The Kier molecular flexibility index (Phi) is 5.51. The lowest BCUT2D eigenvalue weighted by Gasteiger charge is -2.26. The van der Waals surface area contributed by atoms with Crippen molar-refractivity contribution in [2.45, 2.75) is 37.5 Å². The normalized spacial score (nSPS) is 23.8. The zero-order valence-electron chi connectivity index (χ0n) is 11.4. The Bertz CT molecular complexity index is 577. The highest BCUT2D eigenvalue weighted by molar-refractivity contribution is 9.10. The fourth-order valence-electron chi connectivity index (χ4n) is 2.70. The van der Waals surface area contributed by atoms with Crippen molar-refractivity contribution in [3.05, 3.63) is 27.7 Å². The van der Waals surface area contributed by atoms with Gasteiger partial charge in [-0.2, -0.15) is 0 Å². The van der Waals surface area contributed by atoms with E-state index in [0.717, 1.165) is 12.8 Å². The summed E-state index contributed by atoms with van der Waals surface area (Å²) in [4.78, 5) is 0.248. The van der Waals surface area contributed by atoms with Gasteiger partial charge in [-0.05, 0) is 58.8 Å². The van der Waals surface area contributed by atoms with Crippen molar-refractivity contribution >= 4 is 37.6 Å². The second-order valence-corrected chi connectivity index (χ2v) is 8.59. The molecular weight excluding hydrogens is 362 g/mol. The van der Waals surface area contributed by atoms with Crippen LogP contribution >= 0.6 is 27.5 Å². The first-order valence-electron chi connectivity index (χ1n) is 6.83. The van der Waals surface area contributed by atoms with E-state index in [0.29, 0.717) is 27.9 Å². The van der Waals surface area contributed by atoms with Gasteiger partial charge in [-0.25, -0.2) is 13.1 Å². The molecule has 1 saturated carbocycles. The van der Waals surface area contributed by atoms with Gasteiger partial charge < -0.3 is 0 Å². The topological polar surface area (TPSA) is 46.2 Å². The number of benzene rings is 1. The largest absolute Gasteiger partial charge is 0.240 e. The van der Waals surface area contributed by atoms with Gasteiger partial charge in [0.05, 0.1) is 9.92 Å². The molecule has 0 saturated heterocycles. The second-order valence-electron chi connectivity index (χ2n) is 5.57. The molecule has 0 radical (unpaired) electrons. The molecule has 2 unspecified atom stereocenters. The molecule has 0 bridgehead atoms. The fraction of sp³-hybridized carbons (Fsp3) is 0.571. The van der Waals surface area contributed by atoms with Gasteiger partial charge in [0.25, 0.3) is 0 Å². The Balaban J connectivity index is 2.01. The van der Waals surface area contributed by atoms with Crippen LogP contribution in [0.5, 0.6) is 0 Å². The molecule has 1 aliphatic carbocycles. The van der Waals surface area contributed by atoms with Gasteiger partial charge in [0.1, 0.15) is 0 Å². The first-order valence-corrected chi connectivity index (χ1v) is 9.48. The van der Waals surface area contributed by atoms with Crippen LogP contribution in [0.15, 0.2) is 27.6 Å². The van der Waals surface area contributed by atoms with Crippen LogP contribution in [0.1, 0.15) is 32.6 Å². The van der Waals surface area contributed by atoms with E-state index in [1.54, 1.807) is 6.07 Å². The zero-order valence-corrected chi connectivity index (χ0v) is 14.6. The Morgan fingerprint density at radius 1 is 1.40 bits per heavy atom. The van der Waals surface area contributed by atoms with E-state index in [1.807, 2.05) is 0 Å². The molecule has 1 fully saturated rings. The van der Waals surface area contributed by atoms with Gasteiger partial charge in [0, 0.05) is 11.0 Å². The number of sulfonamides is 1. The first-order chi connectivity index (χ1) is 9.38. The van der Waals surface area contributed by atoms with Gasteiger partial charge in [-0.1, -0.05) is 31.4 Å². The average Bonchev–Trinajstić information content (AvgIpc) is 2.40. The maximum absolute atomic E-state index is 12.2. The van der Waals surface area contributed by atoms with Crippen molar-refractivity contribution in [1.29, 1.82) is 0 Å². The molecule has 112 valence electrons. The van der Waals surface area contributed by atoms with Crippen LogP contribution in [0, 0.1) is 11.8 Å². The zero-order chi connectivity index (χ0) is 14.8. The van der Waals surface area contributed by atoms with Crippen molar-refractivity contribution in [3.8, 4) is 0 Å². The fourth-order valence-corrected chi connectivity index (χ4v) is 4.49. The summed E-state index contributed by atoms with van der Waals surface area (Å²) in [6.45, 7) is 2.75. The number of hydrogen-bond acceptors (Lipinski definition) is 2. The maximum Gasteiger partial charge on any atom is 0.240 e. The third-order valence-corrected chi connectivity index (χ3v) is 6.44. The summed E-state index contributed by atoms with van der Waals surface area (Å²) in [5.41, 5.74) is 0. The Labute approximate surface area is 134 Å². The SMILES string of the molecule is CC1CCCC(CNS(=O)(=O)c2ccc(Cl)c(Br)c2)C1. The second kappa shape index (κ2) is 6.77. The van der Waals surface area contributed by atoms with Gasteiger partial charge >= 0.3 is 0 Å². The van der Waals surface area contributed by atoms with E-state index >= 15 is 0 Å². The highest BCUT2D eigenvalue weighted by Crippen LogP contribution is 2.29. The molecular formula is C14H19BrClNO2S. The van der Waals surface area contributed by atoms with Crippen molar-refractivity contribution in [2.75, 3.05) is 6.54 Å². The van der Waals surface area contributed by atoms with Crippen molar-refractivity contribution in [2.24, 2.45) is 11.8 Å². The third-order valence-electron chi connectivity index (χ3n) is 3.81. The van der Waals surface area contributed by atoms with Gasteiger partial charge in [-0.15, -0.1) is 0 Å². The minimum atomic E-state index is -3.46. The Morgan fingerprint density at radius 2 is 2.15 bits per heavy atom. The Hall–Kier alpha value is -0.100. The molecule has 0 amide bonds. The predicted molar refractivity (Wildman–Crippen MR) is 85.5 cm³/mol. The standard InChI is InChI=1S/C14H19BrClNO2S/c1-10-3-2-4-11(7-10)9-17-20(18,19)12-5-6-14(16)13(15)8-12/h5-6,8,10-11,17H,2-4,7,9H2,1H3. The number of rotatable bonds is 4. The summed E-state index contributed by atoms with van der Waals surface area (Å²) in [7, 11) is -3.46. The summed E-state index contributed by atoms with van der Waals surface area (Å²) in [6, 6.07) is 4.65. The number of halogens is 2. The van der Waals surface area contributed by atoms with Gasteiger partial charge in [0.2, 0.25) is 10.0 Å². The van der Waals surface area contributed by atoms with Crippen LogP contribution in [-0.4, -0.2) is 15.0 Å². The quantitative estimate of drug-likeness (QED) is 0.850. The summed E-state index contributed by atoms with van der Waals surface area (Å²) in [5, 5.41) is 0.505. The molecule has 1 aliphatic rings. The molecule has 1 N–H and O–H groups in total. The number of hydrogen-bond donors (Lipinski definition) is 1. The van der Waals surface area contributed by atoms with Crippen molar-refractivity contribution < 1.29 is 8.42 Å². The maximum atomic E-state index is 12.2. The monoisotopic (exact) mass is 379 g/mol. The van der Waals surface area contributed by atoms with Crippen LogP contribution in [-0.2, 0) is 10.0 Å². The molecule has 0 aromatic heterocycles. The molecule has 3 nitrogen and oxygen atoms in total. The predicted octanol–water partition coefficient (Wildman–Crippen LogP) is 4.21. The number of nitrogens with one attached hydrogen (secondary N) is 1. The summed E-state index contributed by atoms with van der Waals surface area (Å²) >= 11 is 9.13. The minimum absolute atomic E-state index is 0.248. The third kappa shape index (κ3) is 4.20. The van der Waals surface area contributed by atoms with E-state index in [2.05, 4.69) is 27.6 Å². The lowest BCUT2D eigenvalue weighted by molar-refractivity contribution is 0.283. The molecule has 1 aromatic carbocycles. The van der Waals surface area contributed by atoms with E-state index < -0.39 is 10.0 Å². The van der Waals surface area contributed by atoms with E-state index in [1.165, 1.54) is 25.0 Å². The molecule has 20 heavy (non-hydrogen) atoms. The van der Waals surface area contributed by atoms with E-state index in [4.69, 9.17) is 11.6 Å². The first kappa shape index (κ1) is 16.3. The highest BCUT2D eigenvalue weighted by Gasteiger charge is 2.22. The molecule has 6 heteroatoms. The van der Waals surface area contributed by atoms with Crippen LogP contribution < -0.4 is 4.72 Å². The smallest absolute Gasteiger partial charge is 0.211 e. The Morgan fingerprint density at radius 3 is 2.80 bits per heavy atom. The van der Waals surface area contributed by atoms with E-state index in [9.17, 15) is 8.42 Å². The summed E-state index contributed by atoms with van der Waals surface area (Å²) < 4.78 is 27.8. The molecule has 2 rings (SSSR count). The van der Waals surface area contributed by atoms with Gasteiger partial charge in [0.15, 0.2) is 0 Å². The lowest BCUT2D eigenvalue weighted by atomic mass is 9.83.